The Balaban J connectivity index is 1.53. The van der Waals surface area contributed by atoms with Crippen LogP contribution in [0.1, 0.15) is 90.3 Å². The number of amides is 2. The third-order valence-electron chi connectivity index (χ3n) is 8.81. The lowest BCUT2D eigenvalue weighted by Gasteiger charge is -2.41. The lowest BCUT2D eigenvalue weighted by molar-refractivity contribution is -0.133. The Bertz CT molecular complexity index is 1020. The first-order chi connectivity index (χ1) is 17.0. The van der Waals surface area contributed by atoms with E-state index in [1.54, 1.807) is 12.0 Å². The van der Waals surface area contributed by atoms with Crippen LogP contribution in [0, 0.1) is 17.3 Å². The number of nitrogens with two attached hydrogens (primary N) is 1. The van der Waals surface area contributed by atoms with Gasteiger partial charge in [-0.1, -0.05) is 52.0 Å². The van der Waals surface area contributed by atoms with E-state index in [-0.39, 0.29) is 53.2 Å². The SMILES string of the molecule is CCC1(CC)CC(=O)N([C@H](CC(C)OC)[C@H]2C[C@@H]2C(=O)N[C@H]2CC(C)(C)Cc3ccccc32)C(N)=N1. The van der Waals surface area contributed by atoms with Gasteiger partial charge in [-0.2, -0.15) is 0 Å². The van der Waals surface area contributed by atoms with Gasteiger partial charge in [0, 0.05) is 19.1 Å². The van der Waals surface area contributed by atoms with Crippen LogP contribution in [0.5, 0.6) is 0 Å². The first kappa shape index (κ1) is 26.6. The van der Waals surface area contributed by atoms with E-state index in [4.69, 9.17) is 15.5 Å². The van der Waals surface area contributed by atoms with E-state index < -0.39 is 5.54 Å². The van der Waals surface area contributed by atoms with Gasteiger partial charge >= 0.3 is 0 Å². The first-order valence-corrected chi connectivity index (χ1v) is 13.6. The summed E-state index contributed by atoms with van der Waals surface area (Å²) >= 11 is 0. The predicted molar refractivity (Wildman–Crippen MR) is 142 cm³/mol. The van der Waals surface area contributed by atoms with Crippen molar-refractivity contribution in [3.05, 3.63) is 35.4 Å². The topological polar surface area (TPSA) is 97.0 Å². The van der Waals surface area contributed by atoms with Crippen molar-refractivity contribution in [3.8, 4) is 0 Å². The van der Waals surface area contributed by atoms with Crippen molar-refractivity contribution in [2.45, 2.75) is 103 Å². The summed E-state index contributed by atoms with van der Waals surface area (Å²) in [6.07, 6.45) is 5.15. The van der Waals surface area contributed by atoms with E-state index in [0.717, 1.165) is 32.1 Å². The summed E-state index contributed by atoms with van der Waals surface area (Å²) in [6, 6.07) is 8.25. The molecule has 0 bridgehead atoms. The monoisotopic (exact) mass is 496 g/mol. The highest BCUT2D eigenvalue weighted by atomic mass is 16.5. The highest BCUT2D eigenvalue weighted by molar-refractivity contribution is 5.99. The molecule has 1 aromatic carbocycles. The zero-order chi connectivity index (χ0) is 26.3. The Morgan fingerprint density at radius 1 is 1.25 bits per heavy atom. The van der Waals surface area contributed by atoms with Crippen LogP contribution in [0.4, 0.5) is 0 Å². The summed E-state index contributed by atoms with van der Waals surface area (Å²) < 4.78 is 5.56. The smallest absolute Gasteiger partial charge is 0.231 e. The maximum atomic E-state index is 13.5. The third kappa shape index (κ3) is 5.31. The second-order valence-electron chi connectivity index (χ2n) is 12.0. The van der Waals surface area contributed by atoms with Gasteiger partial charge in [-0.05, 0) is 67.9 Å². The minimum atomic E-state index is -0.420. The Hall–Kier alpha value is -2.41. The third-order valence-corrected chi connectivity index (χ3v) is 8.81. The standard InChI is InChI=1S/C29H44N4O3/c1-7-29(8-2)17-25(34)33(27(30)32-29)24(13-18(3)36-6)21-14-22(21)26(35)31-23-16-28(4,5)15-19-11-9-10-12-20(19)23/h9-12,18,21-24H,7-8,13-17H2,1-6H3,(H2,30,32)(H,31,35)/t18?,21-,22-,23-,24+/m0/s1. The number of carbonyl (C=O) groups is 2. The minimum absolute atomic E-state index is 0.00743. The largest absolute Gasteiger partial charge is 0.382 e. The van der Waals surface area contributed by atoms with Crippen molar-refractivity contribution < 1.29 is 14.3 Å². The molecule has 0 aromatic heterocycles. The zero-order valence-corrected chi connectivity index (χ0v) is 22.8. The van der Waals surface area contributed by atoms with Crippen molar-refractivity contribution in [2.24, 2.45) is 28.0 Å². The lowest BCUT2D eigenvalue weighted by atomic mass is 9.72. The van der Waals surface area contributed by atoms with E-state index >= 15 is 0 Å². The number of aliphatic imine (C=N–C) groups is 1. The number of carbonyl (C=O) groups excluding carboxylic acids is 2. The molecule has 1 aromatic rings. The number of methoxy groups -OCH3 is 1. The fourth-order valence-corrected chi connectivity index (χ4v) is 6.39. The molecule has 4 rings (SSSR count). The molecule has 7 heteroatoms. The van der Waals surface area contributed by atoms with Crippen LogP contribution in [0.25, 0.3) is 0 Å². The second kappa shape index (κ2) is 10.2. The van der Waals surface area contributed by atoms with Crippen molar-refractivity contribution in [1.29, 1.82) is 0 Å². The van der Waals surface area contributed by atoms with Crippen molar-refractivity contribution in [3.63, 3.8) is 0 Å². The van der Waals surface area contributed by atoms with E-state index in [2.05, 4.69) is 57.3 Å². The zero-order valence-electron chi connectivity index (χ0n) is 22.8. The molecule has 1 unspecified atom stereocenters. The van der Waals surface area contributed by atoms with E-state index in [1.807, 2.05) is 6.92 Å². The molecule has 0 radical (unpaired) electrons. The number of nitrogens with zero attached hydrogens (tertiary/aromatic N) is 2. The quantitative estimate of drug-likeness (QED) is 0.531. The number of rotatable bonds is 9. The summed E-state index contributed by atoms with van der Waals surface area (Å²) in [5.74, 6) is 0.276. The molecule has 7 nitrogen and oxygen atoms in total. The van der Waals surface area contributed by atoms with Gasteiger partial charge in [0.05, 0.1) is 24.1 Å². The number of nitrogens with one attached hydrogen (secondary N) is 1. The Morgan fingerprint density at radius 2 is 1.94 bits per heavy atom. The summed E-state index contributed by atoms with van der Waals surface area (Å²) in [6.45, 7) is 10.6. The number of benzene rings is 1. The Morgan fingerprint density at radius 3 is 2.58 bits per heavy atom. The van der Waals surface area contributed by atoms with Crippen LogP contribution in [-0.4, -0.2) is 47.5 Å². The van der Waals surface area contributed by atoms with Crippen LogP contribution in [0.3, 0.4) is 0 Å². The number of hydrogen-bond donors (Lipinski definition) is 2. The van der Waals surface area contributed by atoms with E-state index in [9.17, 15) is 9.59 Å². The molecule has 0 saturated heterocycles. The Labute approximate surface area is 216 Å². The van der Waals surface area contributed by atoms with Crippen LogP contribution < -0.4 is 11.1 Å². The summed E-state index contributed by atoms with van der Waals surface area (Å²) in [4.78, 5) is 33.4. The molecule has 3 N–H and O–H groups in total. The molecular formula is C29H44N4O3. The van der Waals surface area contributed by atoms with Crippen LogP contribution in [0.15, 0.2) is 29.3 Å². The van der Waals surface area contributed by atoms with Gasteiger partial charge in [-0.15, -0.1) is 0 Å². The fraction of sp³-hybridized carbons (Fsp3) is 0.690. The molecule has 1 aliphatic heterocycles. The molecule has 2 amide bonds. The highest BCUT2D eigenvalue weighted by Crippen LogP contribution is 2.47. The molecule has 1 fully saturated rings. The molecule has 1 heterocycles. The number of fused-ring (bicyclic) bond motifs is 1. The van der Waals surface area contributed by atoms with Gasteiger partial charge in [0.1, 0.15) is 0 Å². The molecule has 36 heavy (non-hydrogen) atoms. The van der Waals surface area contributed by atoms with E-state index in [1.165, 1.54) is 11.1 Å². The van der Waals surface area contributed by atoms with Crippen LogP contribution in [-0.2, 0) is 20.7 Å². The first-order valence-electron chi connectivity index (χ1n) is 13.6. The second-order valence-corrected chi connectivity index (χ2v) is 12.0. The lowest BCUT2D eigenvalue weighted by Crippen LogP contribution is -2.56. The maximum absolute atomic E-state index is 13.5. The summed E-state index contributed by atoms with van der Waals surface area (Å²) in [5, 5.41) is 3.37. The number of hydrogen-bond acceptors (Lipinski definition) is 5. The van der Waals surface area contributed by atoms with Gasteiger partial charge in [0.2, 0.25) is 11.8 Å². The van der Waals surface area contributed by atoms with Gasteiger partial charge in [0.25, 0.3) is 0 Å². The van der Waals surface area contributed by atoms with Gasteiger partial charge in [-0.3, -0.25) is 14.5 Å². The molecule has 3 aliphatic rings. The Kier molecular flexibility index (Phi) is 7.52. The normalized spacial score (nSPS) is 28.1. The molecule has 2 aliphatic carbocycles. The molecule has 198 valence electrons. The van der Waals surface area contributed by atoms with Gasteiger partial charge in [0.15, 0.2) is 5.96 Å². The summed E-state index contributed by atoms with van der Waals surface area (Å²) in [7, 11) is 1.68. The molecule has 5 atom stereocenters. The van der Waals surface area contributed by atoms with Crippen LogP contribution in [0.2, 0.25) is 0 Å². The highest BCUT2D eigenvalue weighted by Gasteiger charge is 2.53. The summed E-state index contributed by atoms with van der Waals surface area (Å²) in [5.41, 5.74) is 8.70. The number of ether oxygens (including phenoxy) is 1. The number of guanidine groups is 1. The van der Waals surface area contributed by atoms with Crippen molar-refractivity contribution >= 4 is 17.8 Å². The van der Waals surface area contributed by atoms with Crippen LogP contribution >= 0.6 is 0 Å². The molecule has 0 spiro atoms. The molecular weight excluding hydrogens is 452 g/mol. The molecule has 1 saturated carbocycles. The van der Waals surface area contributed by atoms with Crippen molar-refractivity contribution in [1.82, 2.24) is 10.2 Å². The maximum Gasteiger partial charge on any atom is 0.231 e. The van der Waals surface area contributed by atoms with Gasteiger partial charge in [-0.25, -0.2) is 4.99 Å². The average molecular weight is 497 g/mol. The van der Waals surface area contributed by atoms with Crippen molar-refractivity contribution in [2.75, 3.05) is 7.11 Å². The minimum Gasteiger partial charge on any atom is -0.382 e. The fourth-order valence-electron chi connectivity index (χ4n) is 6.39. The average Bonchev–Trinajstić information content (AvgIpc) is 3.63. The van der Waals surface area contributed by atoms with Gasteiger partial charge < -0.3 is 15.8 Å². The predicted octanol–water partition coefficient (Wildman–Crippen LogP) is 4.35. The van der Waals surface area contributed by atoms with E-state index in [0.29, 0.717) is 12.8 Å².